The molecule has 0 saturated carbocycles. The number of aryl methyl sites for hydroxylation is 2. The largest absolute Gasteiger partial charge is 0.382 e. The fraction of sp³-hybridized carbons (Fsp3) is 0.125. The number of hydrogen-bond donors (Lipinski definition) is 1. The van der Waals surface area contributed by atoms with Crippen molar-refractivity contribution in [2.75, 3.05) is 5.73 Å². The van der Waals surface area contributed by atoms with Crippen LogP contribution in [-0.4, -0.2) is 15.0 Å². The van der Waals surface area contributed by atoms with E-state index in [4.69, 9.17) is 5.73 Å². The molecule has 5 heteroatoms. The summed E-state index contributed by atoms with van der Waals surface area (Å²) >= 11 is 0. The van der Waals surface area contributed by atoms with Gasteiger partial charge in [0.2, 0.25) is 0 Å². The number of halogens is 1. The molecule has 1 heterocycles. The molecule has 2 aromatic carbocycles. The summed E-state index contributed by atoms with van der Waals surface area (Å²) in [6.07, 6.45) is 0. The minimum Gasteiger partial charge on any atom is -0.382 e. The van der Waals surface area contributed by atoms with Gasteiger partial charge in [-0.2, -0.15) is 4.68 Å². The van der Waals surface area contributed by atoms with Gasteiger partial charge >= 0.3 is 0 Å². The summed E-state index contributed by atoms with van der Waals surface area (Å²) in [5, 5.41) is 8.24. The van der Waals surface area contributed by atoms with E-state index in [1.165, 1.54) is 17.7 Å². The lowest BCUT2D eigenvalue weighted by Gasteiger charge is -2.08. The number of benzene rings is 2. The molecule has 0 saturated heterocycles. The van der Waals surface area contributed by atoms with E-state index < -0.39 is 0 Å². The van der Waals surface area contributed by atoms with Crippen molar-refractivity contribution in [2.24, 2.45) is 0 Å². The van der Waals surface area contributed by atoms with Crippen LogP contribution < -0.4 is 5.73 Å². The summed E-state index contributed by atoms with van der Waals surface area (Å²) in [5.41, 5.74) is 10.6. The van der Waals surface area contributed by atoms with Crippen LogP contribution in [0.2, 0.25) is 0 Å². The van der Waals surface area contributed by atoms with E-state index in [0.29, 0.717) is 11.5 Å². The Morgan fingerprint density at radius 2 is 1.76 bits per heavy atom. The first-order valence-electron chi connectivity index (χ1n) is 6.61. The van der Waals surface area contributed by atoms with Crippen molar-refractivity contribution < 1.29 is 4.39 Å². The highest BCUT2D eigenvalue weighted by atomic mass is 19.1. The van der Waals surface area contributed by atoms with Crippen LogP contribution in [0.15, 0.2) is 42.5 Å². The molecule has 0 aliphatic heterocycles. The molecule has 0 radical (unpaired) electrons. The average molecular weight is 282 g/mol. The maximum absolute atomic E-state index is 13.0. The second kappa shape index (κ2) is 5.01. The van der Waals surface area contributed by atoms with Gasteiger partial charge in [-0.1, -0.05) is 22.9 Å². The van der Waals surface area contributed by atoms with Crippen LogP contribution in [0.25, 0.3) is 16.9 Å². The van der Waals surface area contributed by atoms with Crippen molar-refractivity contribution in [3.63, 3.8) is 0 Å². The molecule has 0 atom stereocenters. The highest BCUT2D eigenvalue weighted by Crippen LogP contribution is 2.26. The van der Waals surface area contributed by atoms with Crippen molar-refractivity contribution in [2.45, 2.75) is 13.8 Å². The molecule has 0 spiro atoms. The summed E-state index contributed by atoms with van der Waals surface area (Å²) in [6.45, 7) is 4.03. The van der Waals surface area contributed by atoms with Crippen LogP contribution >= 0.6 is 0 Å². The fourth-order valence-corrected chi connectivity index (χ4v) is 2.32. The van der Waals surface area contributed by atoms with Gasteiger partial charge in [0, 0.05) is 5.56 Å². The van der Waals surface area contributed by atoms with Gasteiger partial charge in [-0.05, 0) is 49.7 Å². The first-order valence-corrected chi connectivity index (χ1v) is 6.61. The maximum Gasteiger partial charge on any atom is 0.155 e. The highest BCUT2D eigenvalue weighted by Gasteiger charge is 2.14. The second-order valence-corrected chi connectivity index (χ2v) is 5.03. The molecule has 4 nitrogen and oxygen atoms in total. The number of nitrogen functional groups attached to an aromatic ring is 1. The number of rotatable bonds is 2. The van der Waals surface area contributed by atoms with Crippen molar-refractivity contribution in [3.05, 3.63) is 59.4 Å². The van der Waals surface area contributed by atoms with Crippen LogP contribution in [0.3, 0.4) is 0 Å². The van der Waals surface area contributed by atoms with E-state index in [1.807, 2.05) is 26.0 Å². The van der Waals surface area contributed by atoms with Crippen LogP contribution in [0.1, 0.15) is 11.1 Å². The first kappa shape index (κ1) is 13.3. The standard InChI is InChI=1S/C16H15FN4/c1-10-3-8-14(11(2)9-10)21-16(18)15(19-20-21)12-4-6-13(17)7-5-12/h3-9H,18H2,1-2H3. The number of nitrogens with zero attached hydrogens (tertiary/aromatic N) is 3. The number of anilines is 1. The molecule has 0 aliphatic rings. The monoisotopic (exact) mass is 282 g/mol. The second-order valence-electron chi connectivity index (χ2n) is 5.03. The van der Waals surface area contributed by atoms with Crippen molar-refractivity contribution in [1.29, 1.82) is 0 Å². The predicted octanol–water partition coefficient (Wildman–Crippen LogP) is 3.27. The van der Waals surface area contributed by atoms with E-state index in [1.54, 1.807) is 16.8 Å². The Morgan fingerprint density at radius 3 is 2.43 bits per heavy atom. The molecule has 3 rings (SSSR count). The molecule has 0 fully saturated rings. The van der Waals surface area contributed by atoms with Gasteiger partial charge in [-0.25, -0.2) is 4.39 Å². The predicted molar refractivity (Wildman–Crippen MR) is 80.6 cm³/mol. The molecule has 1 aromatic heterocycles. The molecule has 2 N–H and O–H groups in total. The molecular weight excluding hydrogens is 267 g/mol. The molecule has 0 unspecified atom stereocenters. The van der Waals surface area contributed by atoms with Crippen LogP contribution in [0.5, 0.6) is 0 Å². The van der Waals surface area contributed by atoms with Gasteiger partial charge in [0.15, 0.2) is 5.82 Å². The minimum atomic E-state index is -0.293. The Kier molecular flexibility index (Phi) is 3.17. The highest BCUT2D eigenvalue weighted by molar-refractivity contribution is 5.71. The summed E-state index contributed by atoms with van der Waals surface area (Å²) in [4.78, 5) is 0. The van der Waals surface area contributed by atoms with E-state index in [-0.39, 0.29) is 5.82 Å². The summed E-state index contributed by atoms with van der Waals surface area (Å²) in [7, 11) is 0. The third kappa shape index (κ3) is 2.38. The van der Waals surface area contributed by atoms with Gasteiger partial charge in [-0.3, -0.25) is 0 Å². The van der Waals surface area contributed by atoms with Crippen LogP contribution in [0, 0.1) is 19.7 Å². The average Bonchev–Trinajstić information content (AvgIpc) is 2.82. The molecule has 21 heavy (non-hydrogen) atoms. The fourth-order valence-electron chi connectivity index (χ4n) is 2.32. The first-order chi connectivity index (χ1) is 10.1. The summed E-state index contributed by atoms with van der Waals surface area (Å²) in [6, 6.07) is 12.1. The maximum atomic E-state index is 13.0. The van der Waals surface area contributed by atoms with Gasteiger partial charge in [0.1, 0.15) is 11.5 Å². The van der Waals surface area contributed by atoms with E-state index in [2.05, 4.69) is 16.4 Å². The molecule has 3 aromatic rings. The quantitative estimate of drug-likeness (QED) is 0.784. The smallest absolute Gasteiger partial charge is 0.155 e. The zero-order valence-corrected chi connectivity index (χ0v) is 11.8. The summed E-state index contributed by atoms with van der Waals surface area (Å²) < 4.78 is 14.6. The lowest BCUT2D eigenvalue weighted by Crippen LogP contribution is -2.04. The van der Waals surface area contributed by atoms with Crippen LogP contribution in [0.4, 0.5) is 10.2 Å². The lowest BCUT2D eigenvalue weighted by molar-refractivity contribution is 0.628. The Balaban J connectivity index is 2.09. The number of hydrogen-bond acceptors (Lipinski definition) is 3. The molecular formula is C16H15FN4. The lowest BCUT2D eigenvalue weighted by atomic mass is 10.1. The van der Waals surface area contributed by atoms with Gasteiger partial charge < -0.3 is 5.73 Å². The molecule has 0 amide bonds. The Morgan fingerprint density at radius 1 is 1.05 bits per heavy atom. The molecule has 106 valence electrons. The SMILES string of the molecule is Cc1ccc(-n2nnc(-c3ccc(F)cc3)c2N)c(C)c1. The summed E-state index contributed by atoms with van der Waals surface area (Å²) in [5.74, 6) is 0.146. The zero-order chi connectivity index (χ0) is 15.0. The van der Waals surface area contributed by atoms with Crippen molar-refractivity contribution in [3.8, 4) is 16.9 Å². The Labute approximate surface area is 122 Å². The number of aromatic nitrogens is 3. The van der Waals surface area contributed by atoms with E-state index in [0.717, 1.165) is 16.8 Å². The van der Waals surface area contributed by atoms with E-state index in [9.17, 15) is 4.39 Å². The normalized spacial score (nSPS) is 10.8. The van der Waals surface area contributed by atoms with Crippen molar-refractivity contribution >= 4 is 5.82 Å². The van der Waals surface area contributed by atoms with Gasteiger partial charge in [0.05, 0.1) is 5.69 Å². The molecule has 0 aliphatic carbocycles. The zero-order valence-electron chi connectivity index (χ0n) is 11.8. The van der Waals surface area contributed by atoms with Crippen LogP contribution in [-0.2, 0) is 0 Å². The third-order valence-corrected chi connectivity index (χ3v) is 3.40. The Hall–Kier alpha value is -2.69. The third-order valence-electron chi connectivity index (χ3n) is 3.40. The van der Waals surface area contributed by atoms with Gasteiger partial charge in [0.25, 0.3) is 0 Å². The molecule has 0 bridgehead atoms. The minimum absolute atomic E-state index is 0.293. The van der Waals surface area contributed by atoms with E-state index >= 15 is 0 Å². The Bertz CT molecular complexity index is 791. The topological polar surface area (TPSA) is 56.7 Å². The van der Waals surface area contributed by atoms with Crippen molar-refractivity contribution in [1.82, 2.24) is 15.0 Å². The number of nitrogens with two attached hydrogens (primary N) is 1. The van der Waals surface area contributed by atoms with Gasteiger partial charge in [-0.15, -0.1) is 5.10 Å².